The Morgan fingerprint density at radius 2 is 1.76 bits per heavy atom. The highest BCUT2D eigenvalue weighted by Gasteiger charge is 2.74. The molecular weight excluding hydrogens is 584 g/mol. The molecule has 1 fully saturated rings. The van der Waals surface area contributed by atoms with Crippen molar-refractivity contribution in [2.75, 3.05) is 13.2 Å². The normalized spacial score (nSPS) is 22.3. The van der Waals surface area contributed by atoms with Crippen molar-refractivity contribution in [1.82, 2.24) is 9.88 Å². The number of halogens is 8. The quantitative estimate of drug-likeness (QED) is 0.326. The van der Waals surface area contributed by atoms with Gasteiger partial charge >= 0.3 is 18.0 Å². The van der Waals surface area contributed by atoms with Gasteiger partial charge in [-0.2, -0.15) is 26.3 Å². The molecule has 1 aliphatic carbocycles. The third-order valence-corrected chi connectivity index (χ3v) is 10.6. The van der Waals surface area contributed by atoms with Gasteiger partial charge in [-0.25, -0.2) is 17.8 Å². The van der Waals surface area contributed by atoms with E-state index in [1.165, 1.54) is 29.3 Å². The van der Waals surface area contributed by atoms with Crippen LogP contribution in [-0.2, 0) is 31.5 Å². The van der Waals surface area contributed by atoms with Gasteiger partial charge in [0.05, 0.1) is 12.7 Å². The minimum absolute atomic E-state index is 0.0801. The summed E-state index contributed by atoms with van der Waals surface area (Å²) in [6, 6.07) is 4.54. The zero-order chi connectivity index (χ0) is 30.4. The first-order chi connectivity index (χ1) is 19.1. The maximum atomic E-state index is 14.9. The molecule has 3 atom stereocenters. The summed E-state index contributed by atoms with van der Waals surface area (Å²) in [6.07, 6.45) is -11.2. The number of fused-ring (bicyclic) bond motifs is 3. The topological polar surface area (TPSA) is 67.3 Å². The molecule has 0 bridgehead atoms. The predicted molar refractivity (Wildman–Crippen MR) is 132 cm³/mol. The van der Waals surface area contributed by atoms with Crippen molar-refractivity contribution >= 4 is 15.7 Å². The van der Waals surface area contributed by atoms with Crippen molar-refractivity contribution in [2.45, 2.75) is 79.3 Å². The second-order valence-electron chi connectivity index (χ2n) is 10.4. The molecular formula is C27H28F8N2O3S. The molecule has 0 saturated carbocycles. The smallest absolute Gasteiger partial charge is 0.337 e. The van der Waals surface area contributed by atoms with E-state index < -0.39 is 67.7 Å². The molecule has 226 valence electrons. The Balaban J connectivity index is 1.92. The molecule has 1 amide bonds. The Kier molecular flexibility index (Phi) is 8.22. The van der Waals surface area contributed by atoms with Crippen LogP contribution in [0.3, 0.4) is 0 Å². The maximum absolute atomic E-state index is 14.9. The van der Waals surface area contributed by atoms with Gasteiger partial charge in [-0.05, 0) is 55.4 Å². The van der Waals surface area contributed by atoms with Gasteiger partial charge in [-0.15, -0.1) is 0 Å². The number of rotatable bonds is 8. The highest BCUT2D eigenvalue weighted by molar-refractivity contribution is 7.92. The van der Waals surface area contributed by atoms with Crippen LogP contribution in [-0.4, -0.2) is 55.8 Å². The number of likely N-dealkylation sites (tertiary alicyclic amines) is 1. The van der Waals surface area contributed by atoms with Crippen molar-refractivity contribution in [3.8, 4) is 0 Å². The second kappa shape index (κ2) is 10.8. The van der Waals surface area contributed by atoms with Gasteiger partial charge in [0.2, 0.25) is 15.7 Å². The van der Waals surface area contributed by atoms with Crippen LogP contribution in [0.25, 0.3) is 0 Å². The lowest BCUT2D eigenvalue weighted by atomic mass is 9.76. The Bertz CT molecular complexity index is 1360. The highest BCUT2D eigenvalue weighted by atomic mass is 32.2. The number of alkyl halides is 8. The summed E-state index contributed by atoms with van der Waals surface area (Å²) in [5, 5.41) is -0.393. The zero-order valence-corrected chi connectivity index (χ0v) is 22.7. The lowest BCUT2D eigenvalue weighted by Crippen LogP contribution is -2.53. The average Bonchev–Trinajstić information content (AvgIpc) is 3.32. The first-order valence-electron chi connectivity index (χ1n) is 13.1. The van der Waals surface area contributed by atoms with Gasteiger partial charge in [0, 0.05) is 24.2 Å². The standard InChI is InChI=1S/C27H28F8N2O3S/c1-2-5-17(11-13-28)23(38)37-15-12-24(41(39,40)22-6-3-4-14-36-22)20-9-8-19(16-18(20)7-10-21(24)37)25(29,26(30,31)32)27(33,34)35/h3-4,6,8-9,14,16-17,21H,2,5,7,10-13,15H2,1H3. The molecule has 2 heterocycles. The fourth-order valence-electron chi connectivity index (χ4n) is 6.29. The summed E-state index contributed by atoms with van der Waals surface area (Å²) in [6.45, 7) is 0.933. The number of nitrogens with zero attached hydrogens (tertiary/aromatic N) is 2. The summed E-state index contributed by atoms with van der Waals surface area (Å²) in [5.74, 6) is -1.20. The third-order valence-electron chi connectivity index (χ3n) is 8.19. The molecule has 2 aliphatic rings. The van der Waals surface area contributed by atoms with E-state index in [-0.39, 0.29) is 43.4 Å². The molecule has 3 unspecified atom stereocenters. The van der Waals surface area contributed by atoms with E-state index in [9.17, 15) is 48.3 Å². The highest BCUT2D eigenvalue weighted by Crippen LogP contribution is 2.56. The number of carbonyl (C=O) groups excluding carboxylic acids is 1. The van der Waals surface area contributed by atoms with E-state index in [0.29, 0.717) is 25.0 Å². The third kappa shape index (κ3) is 4.79. The second-order valence-corrected chi connectivity index (χ2v) is 12.5. The van der Waals surface area contributed by atoms with Crippen molar-refractivity contribution < 1.29 is 48.3 Å². The molecule has 2 aromatic rings. The first kappa shape index (κ1) is 31.2. The molecule has 1 aliphatic heterocycles. The van der Waals surface area contributed by atoms with Crippen LogP contribution in [0, 0.1) is 5.92 Å². The van der Waals surface area contributed by atoms with Crippen LogP contribution in [0.1, 0.15) is 55.7 Å². The number of aryl methyl sites for hydroxylation is 1. The summed E-state index contributed by atoms with van der Waals surface area (Å²) in [5.41, 5.74) is -7.70. The molecule has 1 aromatic heterocycles. The predicted octanol–water partition coefficient (Wildman–Crippen LogP) is 6.36. The van der Waals surface area contributed by atoms with E-state index in [2.05, 4.69) is 4.98 Å². The van der Waals surface area contributed by atoms with Crippen LogP contribution < -0.4 is 0 Å². The Labute approximate surface area is 231 Å². The number of carbonyl (C=O) groups is 1. The number of aromatic nitrogens is 1. The Hall–Kier alpha value is -2.77. The molecule has 5 nitrogen and oxygen atoms in total. The van der Waals surface area contributed by atoms with E-state index >= 15 is 0 Å². The van der Waals surface area contributed by atoms with Crippen molar-refractivity contribution in [3.63, 3.8) is 0 Å². The van der Waals surface area contributed by atoms with Crippen molar-refractivity contribution in [1.29, 1.82) is 0 Å². The summed E-state index contributed by atoms with van der Waals surface area (Å²) in [7, 11) is -4.51. The fourth-order valence-corrected chi connectivity index (χ4v) is 8.57. The zero-order valence-electron chi connectivity index (χ0n) is 21.9. The molecule has 41 heavy (non-hydrogen) atoms. The molecule has 0 radical (unpaired) electrons. The summed E-state index contributed by atoms with van der Waals surface area (Å²) >= 11 is 0. The number of pyridine rings is 1. The number of hydrogen-bond acceptors (Lipinski definition) is 4. The number of benzene rings is 1. The molecule has 1 aromatic carbocycles. The largest absolute Gasteiger partial charge is 0.435 e. The SMILES string of the molecule is CCCC(CCF)C(=O)N1CCC2(S(=O)(=O)c3ccccn3)c3ccc(C(F)(C(F)(F)F)C(F)(F)F)cc3CCC12. The van der Waals surface area contributed by atoms with E-state index in [4.69, 9.17) is 0 Å². The van der Waals surface area contributed by atoms with Crippen LogP contribution in [0.4, 0.5) is 35.1 Å². The molecule has 0 N–H and O–H groups in total. The Morgan fingerprint density at radius 3 is 2.32 bits per heavy atom. The average molecular weight is 613 g/mol. The molecule has 1 saturated heterocycles. The number of amides is 1. The van der Waals surface area contributed by atoms with E-state index in [1.54, 1.807) is 6.92 Å². The van der Waals surface area contributed by atoms with Gasteiger partial charge in [0.15, 0.2) is 5.03 Å². The van der Waals surface area contributed by atoms with Crippen LogP contribution in [0.2, 0.25) is 0 Å². The first-order valence-corrected chi connectivity index (χ1v) is 14.5. The van der Waals surface area contributed by atoms with E-state index in [0.717, 1.165) is 6.07 Å². The summed E-state index contributed by atoms with van der Waals surface area (Å²) < 4.78 is 136. The lowest BCUT2D eigenvalue weighted by Gasteiger charge is -2.43. The molecule has 14 heteroatoms. The number of sulfone groups is 1. The minimum atomic E-state index is -6.34. The van der Waals surface area contributed by atoms with Crippen molar-refractivity contribution in [2.24, 2.45) is 5.92 Å². The van der Waals surface area contributed by atoms with Gasteiger partial charge < -0.3 is 4.90 Å². The Morgan fingerprint density at radius 1 is 1.07 bits per heavy atom. The van der Waals surface area contributed by atoms with Gasteiger partial charge in [-0.1, -0.05) is 37.6 Å². The number of hydrogen-bond donors (Lipinski definition) is 0. The lowest BCUT2D eigenvalue weighted by molar-refractivity contribution is -0.348. The van der Waals surface area contributed by atoms with Crippen molar-refractivity contribution in [3.05, 3.63) is 59.3 Å². The fraction of sp³-hybridized carbons (Fsp3) is 0.556. The summed E-state index contributed by atoms with van der Waals surface area (Å²) in [4.78, 5) is 18.8. The van der Waals surface area contributed by atoms with Gasteiger partial charge in [0.25, 0.3) is 0 Å². The molecule has 4 rings (SSSR count). The van der Waals surface area contributed by atoms with Gasteiger partial charge in [-0.3, -0.25) is 9.18 Å². The van der Waals surface area contributed by atoms with E-state index in [1.807, 2.05) is 0 Å². The molecule has 0 spiro atoms. The van der Waals surface area contributed by atoms with Gasteiger partial charge in [0.1, 0.15) is 4.75 Å². The minimum Gasteiger partial charge on any atom is -0.337 e. The van der Waals surface area contributed by atoms with Crippen LogP contribution in [0.5, 0.6) is 0 Å². The van der Waals surface area contributed by atoms with Crippen LogP contribution >= 0.6 is 0 Å². The maximum Gasteiger partial charge on any atom is 0.435 e. The van der Waals surface area contributed by atoms with Crippen LogP contribution in [0.15, 0.2) is 47.6 Å². The monoisotopic (exact) mass is 612 g/mol.